The number of unbranched alkanes of at least 4 members (excludes halogenated alkanes) is 2. The molecule has 5 rings (SSSR count). The topological polar surface area (TPSA) is 51.7 Å². The van der Waals surface area contributed by atoms with Gasteiger partial charge in [-0.3, -0.25) is 14.7 Å². The molecule has 5 heteroatoms. The van der Waals surface area contributed by atoms with Gasteiger partial charge in [0, 0.05) is 30.1 Å². The third kappa shape index (κ3) is 4.62. The van der Waals surface area contributed by atoms with E-state index in [1.54, 1.807) is 7.11 Å². The highest BCUT2D eigenvalue weighted by molar-refractivity contribution is 5.84. The molecule has 3 aliphatic rings. The van der Waals surface area contributed by atoms with E-state index >= 15 is 0 Å². The Kier molecular flexibility index (Phi) is 6.91. The normalized spacial score (nSPS) is 25.9. The maximum absolute atomic E-state index is 12.8. The summed E-state index contributed by atoms with van der Waals surface area (Å²) in [4.78, 5) is 19.9. The molecule has 0 N–H and O–H groups in total. The van der Waals surface area contributed by atoms with Crippen molar-refractivity contribution < 1.29 is 14.3 Å². The maximum Gasteiger partial charge on any atom is 0.306 e. The number of esters is 1. The highest BCUT2D eigenvalue weighted by atomic mass is 16.5. The highest BCUT2D eigenvalue weighted by Crippen LogP contribution is 2.43. The number of rotatable bonds is 9. The van der Waals surface area contributed by atoms with E-state index in [-0.39, 0.29) is 18.1 Å². The molecular weight excluding hydrogens is 388 g/mol. The summed E-state index contributed by atoms with van der Waals surface area (Å²) in [6, 6.07) is 8.10. The molecule has 0 spiro atoms. The number of aromatic nitrogens is 1. The Hall–Kier alpha value is -2.40. The molecule has 1 aromatic carbocycles. The number of hydrogen-bond acceptors (Lipinski definition) is 5. The molecule has 1 unspecified atom stereocenters. The number of carbonyl (C=O) groups excluding carboxylic acids is 1. The summed E-state index contributed by atoms with van der Waals surface area (Å²) in [5, 5.41) is 0.996. The summed E-state index contributed by atoms with van der Waals surface area (Å²) < 4.78 is 11.7. The van der Waals surface area contributed by atoms with Crippen LogP contribution in [0.25, 0.3) is 10.9 Å². The molecule has 0 radical (unpaired) electrons. The number of pyridine rings is 1. The van der Waals surface area contributed by atoms with E-state index in [0.717, 1.165) is 61.0 Å². The van der Waals surface area contributed by atoms with Gasteiger partial charge >= 0.3 is 5.97 Å². The molecule has 1 aromatic heterocycles. The van der Waals surface area contributed by atoms with Crippen LogP contribution in [-0.4, -0.2) is 42.1 Å². The third-order valence-electron chi connectivity index (χ3n) is 7.04. The van der Waals surface area contributed by atoms with Gasteiger partial charge in [-0.25, -0.2) is 0 Å². The summed E-state index contributed by atoms with van der Waals surface area (Å²) in [5.74, 6) is 1.82. The molecule has 5 atom stereocenters. The zero-order valence-corrected chi connectivity index (χ0v) is 18.8. The average molecular weight is 423 g/mol. The minimum absolute atomic E-state index is 0.103. The zero-order chi connectivity index (χ0) is 21.8. The van der Waals surface area contributed by atoms with Gasteiger partial charge in [0.2, 0.25) is 0 Å². The van der Waals surface area contributed by atoms with Crippen molar-refractivity contribution in [1.29, 1.82) is 0 Å². The van der Waals surface area contributed by atoms with Gasteiger partial charge in [0.1, 0.15) is 11.9 Å². The van der Waals surface area contributed by atoms with Gasteiger partial charge in [0.25, 0.3) is 0 Å². The molecule has 3 saturated heterocycles. The number of piperidine rings is 3. The first-order valence-electron chi connectivity index (χ1n) is 11.6. The second-order valence-corrected chi connectivity index (χ2v) is 8.90. The monoisotopic (exact) mass is 422 g/mol. The Morgan fingerprint density at radius 1 is 1.35 bits per heavy atom. The van der Waals surface area contributed by atoms with E-state index in [4.69, 9.17) is 9.47 Å². The van der Waals surface area contributed by atoms with E-state index in [9.17, 15) is 4.79 Å². The Labute approximate surface area is 185 Å². The second-order valence-electron chi connectivity index (χ2n) is 8.90. The number of methoxy groups -OCH3 is 1. The van der Waals surface area contributed by atoms with Gasteiger partial charge in [0.05, 0.1) is 18.7 Å². The largest absolute Gasteiger partial charge is 0.497 e. The predicted octanol–water partition coefficient (Wildman–Crippen LogP) is 5.30. The van der Waals surface area contributed by atoms with E-state index in [2.05, 4.69) is 29.5 Å². The first-order chi connectivity index (χ1) is 15.1. The van der Waals surface area contributed by atoms with Gasteiger partial charge in [-0.05, 0) is 61.9 Å². The van der Waals surface area contributed by atoms with Crippen molar-refractivity contribution in [3.8, 4) is 5.75 Å². The zero-order valence-electron chi connectivity index (χ0n) is 18.8. The Morgan fingerprint density at radius 3 is 2.94 bits per heavy atom. The standard InChI is InChI=1S/C26H34N2O3/c1-4-6-7-8-25(29)31-26(24-15-19-12-14-28(24)17-18(19)5-2)21-11-13-27-23-10-9-20(30-3)16-22(21)23/h5,9-11,13,16,18-19,24,26H,2,4,6-8,12,14-15,17H2,1,3H3/t18-,19-,24-,26+/m0/s1. The lowest BCUT2D eigenvalue weighted by Crippen LogP contribution is -2.55. The average Bonchev–Trinajstić information content (AvgIpc) is 2.82. The van der Waals surface area contributed by atoms with Crippen molar-refractivity contribution in [3.63, 3.8) is 0 Å². The fourth-order valence-electron chi connectivity index (χ4n) is 5.28. The molecule has 0 aliphatic carbocycles. The highest BCUT2D eigenvalue weighted by Gasteiger charge is 2.44. The number of fused-ring (bicyclic) bond motifs is 4. The van der Waals surface area contributed by atoms with Crippen LogP contribution in [0.3, 0.4) is 0 Å². The van der Waals surface area contributed by atoms with Crippen LogP contribution in [0.1, 0.15) is 57.1 Å². The van der Waals surface area contributed by atoms with Gasteiger partial charge in [-0.15, -0.1) is 6.58 Å². The number of benzene rings is 1. The van der Waals surface area contributed by atoms with Gasteiger partial charge < -0.3 is 9.47 Å². The summed E-state index contributed by atoms with van der Waals surface area (Å²) >= 11 is 0. The van der Waals surface area contributed by atoms with Gasteiger partial charge in [0.15, 0.2) is 0 Å². The van der Waals surface area contributed by atoms with Crippen molar-refractivity contribution in [2.45, 2.75) is 57.6 Å². The maximum atomic E-state index is 12.8. The Bertz CT molecular complexity index is 928. The SMILES string of the molecule is C=C[C@H]1CN2CC[C@H]1C[C@H]2[C@H](OC(=O)CCCCC)c1ccnc2ccc(OC)cc12. The van der Waals surface area contributed by atoms with Crippen molar-refractivity contribution in [2.75, 3.05) is 20.2 Å². The van der Waals surface area contributed by atoms with E-state index in [1.165, 1.54) is 6.42 Å². The lowest BCUT2D eigenvalue weighted by Gasteiger charge is -2.51. The molecule has 0 amide bonds. The summed E-state index contributed by atoms with van der Waals surface area (Å²) in [6.07, 6.45) is 9.33. The van der Waals surface area contributed by atoms with Crippen LogP contribution in [0.4, 0.5) is 0 Å². The van der Waals surface area contributed by atoms with Crippen molar-refractivity contribution >= 4 is 16.9 Å². The van der Waals surface area contributed by atoms with Crippen LogP contribution >= 0.6 is 0 Å². The van der Waals surface area contributed by atoms with Crippen molar-refractivity contribution in [1.82, 2.24) is 9.88 Å². The van der Waals surface area contributed by atoms with E-state index < -0.39 is 0 Å². The van der Waals surface area contributed by atoms with Gasteiger partial charge in [-0.2, -0.15) is 0 Å². The van der Waals surface area contributed by atoms with Crippen LogP contribution < -0.4 is 4.74 Å². The molecule has 3 aliphatic heterocycles. The number of nitrogens with zero attached hydrogens (tertiary/aromatic N) is 2. The number of hydrogen-bond donors (Lipinski definition) is 0. The summed E-state index contributed by atoms with van der Waals surface area (Å²) in [5.41, 5.74) is 1.92. The van der Waals surface area contributed by atoms with E-state index in [0.29, 0.717) is 18.3 Å². The van der Waals surface area contributed by atoms with Crippen LogP contribution in [0.15, 0.2) is 43.1 Å². The molecule has 3 fully saturated rings. The van der Waals surface area contributed by atoms with Crippen molar-refractivity contribution in [3.05, 3.63) is 48.7 Å². The van der Waals surface area contributed by atoms with Crippen LogP contribution in [0.2, 0.25) is 0 Å². The van der Waals surface area contributed by atoms with Crippen LogP contribution in [-0.2, 0) is 9.53 Å². The molecule has 2 bridgehead atoms. The Balaban J connectivity index is 1.69. The van der Waals surface area contributed by atoms with E-state index in [1.807, 2.05) is 30.5 Å². The molecule has 2 aromatic rings. The van der Waals surface area contributed by atoms with Crippen LogP contribution in [0.5, 0.6) is 5.75 Å². The molecule has 31 heavy (non-hydrogen) atoms. The second kappa shape index (κ2) is 9.82. The summed E-state index contributed by atoms with van der Waals surface area (Å²) in [7, 11) is 1.67. The smallest absolute Gasteiger partial charge is 0.306 e. The lowest BCUT2D eigenvalue weighted by molar-refractivity contribution is -0.157. The molecule has 0 saturated carbocycles. The molecule has 166 valence electrons. The van der Waals surface area contributed by atoms with Crippen LogP contribution in [0, 0.1) is 11.8 Å². The summed E-state index contributed by atoms with van der Waals surface area (Å²) in [6.45, 7) is 8.24. The Morgan fingerprint density at radius 2 is 2.23 bits per heavy atom. The first kappa shape index (κ1) is 21.8. The molecule has 5 nitrogen and oxygen atoms in total. The molecular formula is C26H34N2O3. The molecule has 4 heterocycles. The minimum Gasteiger partial charge on any atom is -0.497 e. The minimum atomic E-state index is -0.305. The van der Waals surface area contributed by atoms with Crippen molar-refractivity contribution in [2.24, 2.45) is 11.8 Å². The number of ether oxygens (including phenoxy) is 2. The lowest BCUT2D eigenvalue weighted by atomic mass is 9.73. The fraction of sp³-hybridized carbons (Fsp3) is 0.538. The quantitative estimate of drug-likeness (QED) is 0.312. The predicted molar refractivity (Wildman–Crippen MR) is 123 cm³/mol. The first-order valence-corrected chi connectivity index (χ1v) is 11.6. The number of carbonyl (C=O) groups is 1. The van der Waals surface area contributed by atoms with Gasteiger partial charge in [-0.1, -0.05) is 25.8 Å². The third-order valence-corrected chi connectivity index (χ3v) is 7.04. The fourth-order valence-corrected chi connectivity index (χ4v) is 5.28.